The summed E-state index contributed by atoms with van der Waals surface area (Å²) in [6, 6.07) is -4.14. The van der Waals surface area contributed by atoms with Gasteiger partial charge in [0.25, 0.3) is 0 Å². The summed E-state index contributed by atoms with van der Waals surface area (Å²) in [5.41, 5.74) is -2.32. The van der Waals surface area contributed by atoms with Crippen molar-refractivity contribution in [2.24, 2.45) is 5.89 Å². The number of benzene rings is 1. The van der Waals surface area contributed by atoms with Crippen molar-refractivity contribution in [3.63, 3.8) is 0 Å². The largest absolute Gasteiger partial charge is 0.493 e. The van der Waals surface area contributed by atoms with E-state index in [9.17, 15) is 7.54 Å². The van der Waals surface area contributed by atoms with Crippen molar-refractivity contribution in [3.8, 4) is 11.5 Å². The summed E-state index contributed by atoms with van der Waals surface area (Å²) in [7, 11) is 1.21. The van der Waals surface area contributed by atoms with Crippen LogP contribution in [0.15, 0.2) is 12.1 Å². The summed E-state index contributed by atoms with van der Waals surface area (Å²) in [5.74, 6) is -3.95. The monoisotopic (exact) mass is 310 g/mol. The molecule has 4 heteroatoms. The van der Waals surface area contributed by atoms with Crippen molar-refractivity contribution in [1.29, 1.82) is 0 Å². The molecule has 0 N–H and O–H groups in total. The lowest BCUT2D eigenvalue weighted by molar-refractivity contribution is -0.138. The van der Waals surface area contributed by atoms with Crippen molar-refractivity contribution in [2.75, 3.05) is 20.6 Å². The molecule has 5 rings (SSSR count). The quantitative estimate of drug-likeness (QED) is 0.794. The van der Waals surface area contributed by atoms with E-state index in [1.165, 1.54) is 7.11 Å². The predicted octanol–water partition coefficient (Wildman–Crippen LogP) is 1.93. The number of rotatable bonds is 1. The number of likely N-dealkylation sites (N-methyl/N-ethyl adjacent to an activating group) is 1. The summed E-state index contributed by atoms with van der Waals surface area (Å²) in [6.07, 6.45) is -8.49. The lowest BCUT2D eigenvalue weighted by Gasteiger charge is -2.57. The fourth-order valence-electron chi connectivity index (χ4n) is 4.13. The van der Waals surface area contributed by atoms with Gasteiger partial charge >= 0.3 is 0 Å². The van der Waals surface area contributed by atoms with Crippen LogP contribution in [0.1, 0.15) is 45.4 Å². The highest BCUT2D eigenvalue weighted by Crippen LogP contribution is 2.62. The first-order valence-corrected chi connectivity index (χ1v) is 7.16. The maximum atomic E-state index is 13.2. The molecule has 2 heterocycles. The number of ether oxygens (including phenoxy) is 2. The Morgan fingerprint density at radius 2 is 2.55 bits per heavy atom. The summed E-state index contributed by atoms with van der Waals surface area (Å²) >= 11 is 0. The van der Waals surface area contributed by atoms with E-state index in [2.05, 4.69) is 0 Å². The Hall–Kier alpha value is -1.55. The smallest absolute Gasteiger partial charge is 0.174 e. The third-order valence-electron chi connectivity index (χ3n) is 5.06. The van der Waals surface area contributed by atoms with E-state index in [-0.39, 0.29) is 30.0 Å². The molecule has 1 aromatic carbocycles. The summed E-state index contributed by atoms with van der Waals surface area (Å²) in [6.45, 7) is -3.40. The Morgan fingerprint density at radius 1 is 1.64 bits per heavy atom. The molecule has 2 aliphatic heterocycles. The fourth-order valence-corrected chi connectivity index (χ4v) is 4.13. The molecule has 1 aromatic rings. The van der Waals surface area contributed by atoms with Gasteiger partial charge in [-0.3, -0.25) is 4.79 Å². The zero-order chi connectivity index (χ0) is 24.7. The molecule has 1 spiro atoms. The molecule has 0 amide bonds. The minimum atomic E-state index is -3.02. The molecule has 4 atom stereocenters. The zero-order valence-electron chi connectivity index (χ0n) is 22.9. The lowest BCUT2D eigenvalue weighted by Crippen LogP contribution is -2.65. The summed E-state index contributed by atoms with van der Waals surface area (Å²) in [5, 5.41) is 0. The maximum absolute atomic E-state index is 13.2. The van der Waals surface area contributed by atoms with Crippen LogP contribution in [0.5, 0.6) is 11.5 Å². The maximum Gasteiger partial charge on any atom is 0.174 e. The van der Waals surface area contributed by atoms with Crippen LogP contribution in [0.2, 0.25) is 0 Å². The van der Waals surface area contributed by atoms with E-state index in [0.29, 0.717) is 4.90 Å². The van der Waals surface area contributed by atoms with E-state index in [0.717, 1.165) is 0 Å². The molecule has 1 unspecified atom stereocenters. The number of hydrogen-bond acceptors (Lipinski definition) is 4. The summed E-state index contributed by atoms with van der Waals surface area (Å²) < 4.78 is 105. The molecule has 1 saturated heterocycles. The van der Waals surface area contributed by atoms with Crippen LogP contribution in [-0.4, -0.2) is 43.4 Å². The van der Waals surface area contributed by atoms with E-state index in [4.69, 9.17) is 21.8 Å². The van der Waals surface area contributed by atoms with Gasteiger partial charge in [0.1, 0.15) is 0 Å². The first kappa shape index (κ1) is 6.16. The van der Waals surface area contributed by atoms with Gasteiger partial charge in [-0.1, -0.05) is 6.04 Å². The molecule has 116 valence electrons. The Kier molecular flexibility index (Phi) is 1.13. The molecule has 1 saturated carbocycles. The normalized spacial score (nSPS) is 57.6. The second-order valence-corrected chi connectivity index (χ2v) is 5.90. The number of carbonyl (C=O) groups is 1. The van der Waals surface area contributed by atoms with Crippen molar-refractivity contribution in [3.05, 3.63) is 23.2 Å². The molecule has 2 fully saturated rings. The minimum absolute atomic E-state index is 0.0535. The zero-order valence-corrected chi connectivity index (χ0v) is 11.9. The van der Waals surface area contributed by atoms with Gasteiger partial charge in [-0.15, -0.1) is 0 Å². The van der Waals surface area contributed by atoms with Crippen molar-refractivity contribution in [2.45, 2.75) is 43.1 Å². The fraction of sp³-hybridized carbons (Fsp3) is 0.611. The molecular weight excluding hydrogens is 278 g/mol. The van der Waals surface area contributed by atoms with Gasteiger partial charge in [0.05, 0.1) is 9.85 Å². The van der Waals surface area contributed by atoms with Crippen LogP contribution in [0, 0.1) is 5.89 Å². The van der Waals surface area contributed by atoms with Crippen LogP contribution in [0.25, 0.3) is 0 Å². The van der Waals surface area contributed by atoms with Crippen LogP contribution in [0.4, 0.5) is 0 Å². The number of likely N-dealkylation sites (tertiary alicyclic amines) is 1. The first-order chi connectivity index (χ1) is 14.9. The van der Waals surface area contributed by atoms with E-state index < -0.39 is 73.0 Å². The van der Waals surface area contributed by atoms with Crippen molar-refractivity contribution in [1.82, 2.24) is 4.90 Å². The van der Waals surface area contributed by atoms with Gasteiger partial charge in [0.2, 0.25) is 0 Å². The standard InChI is InChI=1S/C18H21NO3/c1-19-8-7-18-11-4-5-13(20)17(18)22-16-14(21-2)6-3-10(15(16)18)9-12(11)19/h3,6,11-12,17H,4-5,7-9H2,1-2H3/t11-,12+,17?,18-/m0/s1/i1D3,3D,5D2,6D,9D2,11D,12D. The van der Waals surface area contributed by atoms with Gasteiger partial charge in [-0.25, -0.2) is 0 Å². The third kappa shape index (κ3) is 1.27. The van der Waals surface area contributed by atoms with Crippen LogP contribution in [0.3, 0.4) is 0 Å². The highest BCUT2D eigenvalue weighted by Gasteiger charge is 2.65. The van der Waals surface area contributed by atoms with Gasteiger partial charge in [0, 0.05) is 35.7 Å². The molecule has 22 heavy (non-hydrogen) atoms. The van der Waals surface area contributed by atoms with Gasteiger partial charge in [0.15, 0.2) is 23.4 Å². The molecule has 2 aliphatic carbocycles. The number of Topliss-reactive ketones (excluding diaryl/α,β-unsaturated/α-hetero) is 1. The van der Waals surface area contributed by atoms with E-state index in [1.807, 2.05) is 0 Å². The van der Waals surface area contributed by atoms with Gasteiger partial charge < -0.3 is 14.4 Å². The molecule has 0 radical (unpaired) electrons. The molecule has 4 nitrogen and oxygen atoms in total. The summed E-state index contributed by atoms with van der Waals surface area (Å²) in [4.78, 5) is 13.8. The number of carbonyl (C=O) groups excluding carboxylic acids is 1. The highest BCUT2D eigenvalue weighted by atomic mass is 16.5. The van der Waals surface area contributed by atoms with E-state index >= 15 is 0 Å². The Labute approximate surface area is 145 Å². The second-order valence-electron chi connectivity index (χ2n) is 5.90. The second kappa shape index (κ2) is 4.05. The topological polar surface area (TPSA) is 38.8 Å². The molecule has 0 aromatic heterocycles. The van der Waals surface area contributed by atoms with Crippen LogP contribution < -0.4 is 9.47 Å². The van der Waals surface area contributed by atoms with Crippen LogP contribution in [-0.2, 0) is 16.6 Å². The number of ketones is 1. The number of hydrogen-bond donors (Lipinski definition) is 0. The average molecular weight is 310 g/mol. The average Bonchev–Trinajstić information content (AvgIpc) is 2.99. The third-order valence-corrected chi connectivity index (χ3v) is 5.06. The van der Waals surface area contributed by atoms with Crippen molar-refractivity contribution < 1.29 is 29.3 Å². The Morgan fingerprint density at radius 3 is 3.36 bits per heavy atom. The Bertz CT molecular complexity index is 1120. The lowest BCUT2D eigenvalue weighted by atomic mass is 9.52. The number of piperidine rings is 1. The number of nitrogens with zero attached hydrogens (tertiary/aromatic N) is 1. The van der Waals surface area contributed by atoms with Gasteiger partial charge in [-0.2, -0.15) is 0 Å². The SMILES string of the molecule is [2H]c1c([2H])c2c3c(c1OC)OC1C(=O)C([2H])([2H])C[C@]4([2H])[C@@]31CCN(C([2H])([2H])[2H])[C@]4([2H])C2([2H])[2H]. The Balaban J connectivity index is 2.01. The van der Waals surface area contributed by atoms with Crippen molar-refractivity contribution >= 4 is 5.78 Å². The highest BCUT2D eigenvalue weighted by molar-refractivity contribution is 5.89. The minimum Gasteiger partial charge on any atom is -0.493 e. The predicted molar refractivity (Wildman–Crippen MR) is 81.6 cm³/mol. The molecule has 2 bridgehead atoms. The number of methoxy groups -OCH3 is 1. The first-order valence-electron chi connectivity index (χ1n) is 12.7. The van der Waals surface area contributed by atoms with Gasteiger partial charge in [-0.05, 0) is 50.2 Å². The molecular formula is C18H21NO3. The molecule has 4 aliphatic rings. The van der Waals surface area contributed by atoms with Crippen LogP contribution >= 0.6 is 0 Å². The van der Waals surface area contributed by atoms with E-state index in [1.54, 1.807) is 0 Å².